The first kappa shape index (κ1) is 13.1. The number of aromatic nitrogens is 3. The van der Waals surface area contributed by atoms with Gasteiger partial charge in [-0.05, 0) is 6.42 Å². The van der Waals surface area contributed by atoms with E-state index in [1.807, 2.05) is 10.9 Å². The van der Waals surface area contributed by atoms with Gasteiger partial charge in [-0.1, -0.05) is 26.0 Å². The smallest absolute Gasteiger partial charge is 0.108 e. The Labute approximate surface area is 98.7 Å². The van der Waals surface area contributed by atoms with Gasteiger partial charge in [0.1, 0.15) is 5.69 Å². The highest BCUT2D eigenvalue weighted by Gasteiger charge is 2.00. The van der Waals surface area contributed by atoms with Gasteiger partial charge in [0.2, 0.25) is 0 Å². The van der Waals surface area contributed by atoms with Gasteiger partial charge in [0.25, 0.3) is 0 Å². The SMILES string of the molecule is CCCn1cc(COCCNC(C)C)nn1.[HH]. The second-order valence-corrected chi connectivity index (χ2v) is 4.13. The quantitative estimate of drug-likeness (QED) is 0.684. The predicted octanol–water partition coefficient (Wildman–Crippen LogP) is 1.45. The van der Waals surface area contributed by atoms with Crippen molar-refractivity contribution in [2.45, 2.75) is 46.4 Å². The maximum Gasteiger partial charge on any atom is 0.108 e. The molecule has 0 aliphatic heterocycles. The largest absolute Gasteiger partial charge is 0.374 e. The van der Waals surface area contributed by atoms with Crippen LogP contribution in [0.5, 0.6) is 0 Å². The molecular weight excluding hydrogens is 204 g/mol. The van der Waals surface area contributed by atoms with Crippen LogP contribution in [0.2, 0.25) is 0 Å². The van der Waals surface area contributed by atoms with Gasteiger partial charge < -0.3 is 10.1 Å². The van der Waals surface area contributed by atoms with Crippen LogP contribution in [-0.2, 0) is 17.9 Å². The molecule has 1 aromatic heterocycles. The molecule has 0 amide bonds. The predicted molar refractivity (Wildman–Crippen MR) is 65.2 cm³/mol. The number of rotatable bonds is 8. The van der Waals surface area contributed by atoms with Crippen molar-refractivity contribution in [3.63, 3.8) is 0 Å². The van der Waals surface area contributed by atoms with Crippen LogP contribution < -0.4 is 5.32 Å². The van der Waals surface area contributed by atoms with E-state index in [0.717, 1.165) is 25.2 Å². The molecule has 1 N–H and O–H groups in total. The Bertz CT molecular complexity index is 291. The van der Waals surface area contributed by atoms with Crippen molar-refractivity contribution in [2.75, 3.05) is 13.2 Å². The van der Waals surface area contributed by atoms with Crippen LogP contribution in [0, 0.1) is 0 Å². The maximum absolute atomic E-state index is 5.48. The molecule has 0 unspecified atom stereocenters. The average molecular weight is 228 g/mol. The molecule has 0 aliphatic carbocycles. The molecule has 5 heteroatoms. The summed E-state index contributed by atoms with van der Waals surface area (Å²) in [6.45, 7) is 9.41. The van der Waals surface area contributed by atoms with Crippen LogP contribution in [0.25, 0.3) is 0 Å². The molecule has 1 rings (SSSR count). The van der Waals surface area contributed by atoms with Crippen molar-refractivity contribution in [1.29, 1.82) is 0 Å². The summed E-state index contributed by atoms with van der Waals surface area (Å²) < 4.78 is 7.34. The summed E-state index contributed by atoms with van der Waals surface area (Å²) in [6.07, 6.45) is 3.02. The van der Waals surface area contributed by atoms with Gasteiger partial charge in [-0.2, -0.15) is 0 Å². The van der Waals surface area contributed by atoms with Gasteiger partial charge in [-0.3, -0.25) is 4.68 Å². The molecule has 0 aliphatic rings. The summed E-state index contributed by atoms with van der Waals surface area (Å²) in [5, 5.41) is 11.3. The Balaban J connectivity index is 0.00000256. The van der Waals surface area contributed by atoms with Crippen molar-refractivity contribution in [3.05, 3.63) is 11.9 Å². The zero-order chi connectivity index (χ0) is 11.8. The zero-order valence-electron chi connectivity index (χ0n) is 10.4. The first-order valence-corrected chi connectivity index (χ1v) is 5.92. The van der Waals surface area contributed by atoms with Crippen LogP contribution in [0.15, 0.2) is 6.20 Å². The van der Waals surface area contributed by atoms with Crippen molar-refractivity contribution in [3.8, 4) is 0 Å². The summed E-state index contributed by atoms with van der Waals surface area (Å²) in [7, 11) is 0. The minimum Gasteiger partial charge on any atom is -0.374 e. The highest BCUT2D eigenvalue weighted by molar-refractivity contribution is 4.89. The number of hydrogen-bond donors (Lipinski definition) is 1. The third-order valence-electron chi connectivity index (χ3n) is 2.09. The van der Waals surface area contributed by atoms with E-state index in [2.05, 4.69) is 36.4 Å². The highest BCUT2D eigenvalue weighted by atomic mass is 16.5. The van der Waals surface area contributed by atoms with Crippen molar-refractivity contribution in [1.82, 2.24) is 20.3 Å². The fraction of sp³-hybridized carbons (Fsp3) is 0.818. The monoisotopic (exact) mass is 228 g/mol. The van der Waals surface area contributed by atoms with E-state index in [-0.39, 0.29) is 1.43 Å². The summed E-state index contributed by atoms with van der Waals surface area (Å²) >= 11 is 0. The highest BCUT2D eigenvalue weighted by Crippen LogP contribution is 1.96. The Morgan fingerprint density at radius 2 is 2.38 bits per heavy atom. The number of ether oxygens (including phenoxy) is 1. The second-order valence-electron chi connectivity index (χ2n) is 4.13. The standard InChI is InChI=1S/C11H22N4O.H2/c1-4-6-15-8-11(13-14-15)9-16-7-5-12-10(2)3;/h8,10,12H,4-7,9H2,1-3H3;1H. The van der Waals surface area contributed by atoms with Gasteiger partial charge >= 0.3 is 0 Å². The molecule has 5 nitrogen and oxygen atoms in total. The van der Waals surface area contributed by atoms with Crippen LogP contribution >= 0.6 is 0 Å². The molecule has 0 saturated carbocycles. The molecule has 1 heterocycles. The number of nitrogens with one attached hydrogen (secondary N) is 1. The van der Waals surface area contributed by atoms with Gasteiger partial charge in [0.05, 0.1) is 19.4 Å². The topological polar surface area (TPSA) is 52.0 Å². The van der Waals surface area contributed by atoms with Crippen molar-refractivity contribution >= 4 is 0 Å². The van der Waals surface area contributed by atoms with E-state index in [1.165, 1.54) is 0 Å². The Kier molecular flexibility index (Phi) is 6.03. The minimum atomic E-state index is 0. The normalized spacial score (nSPS) is 11.2. The lowest BCUT2D eigenvalue weighted by Crippen LogP contribution is -2.26. The van der Waals surface area contributed by atoms with E-state index < -0.39 is 0 Å². The molecule has 0 atom stereocenters. The molecule has 0 saturated heterocycles. The first-order valence-electron chi connectivity index (χ1n) is 5.92. The van der Waals surface area contributed by atoms with Crippen molar-refractivity contribution < 1.29 is 6.16 Å². The lowest BCUT2D eigenvalue weighted by atomic mass is 10.4. The van der Waals surface area contributed by atoms with Gasteiger partial charge in [0.15, 0.2) is 0 Å². The Hall–Kier alpha value is -0.940. The Morgan fingerprint density at radius 3 is 3.06 bits per heavy atom. The first-order chi connectivity index (χ1) is 7.72. The molecule has 0 fully saturated rings. The number of aryl methyl sites for hydroxylation is 1. The lowest BCUT2D eigenvalue weighted by Gasteiger charge is -2.07. The molecular formula is C11H24N4O. The molecule has 0 bridgehead atoms. The van der Waals surface area contributed by atoms with E-state index in [9.17, 15) is 0 Å². The molecule has 1 aromatic rings. The molecule has 94 valence electrons. The van der Waals surface area contributed by atoms with E-state index in [4.69, 9.17) is 4.74 Å². The third kappa shape index (κ3) is 5.23. The van der Waals surface area contributed by atoms with E-state index in [1.54, 1.807) is 0 Å². The van der Waals surface area contributed by atoms with Crippen LogP contribution in [0.1, 0.15) is 34.3 Å². The molecule has 0 spiro atoms. The zero-order valence-corrected chi connectivity index (χ0v) is 10.4. The minimum absolute atomic E-state index is 0. The summed E-state index contributed by atoms with van der Waals surface area (Å²) in [5.74, 6) is 0. The van der Waals surface area contributed by atoms with Gasteiger partial charge in [-0.15, -0.1) is 5.10 Å². The van der Waals surface area contributed by atoms with Gasteiger partial charge in [0, 0.05) is 20.6 Å². The summed E-state index contributed by atoms with van der Waals surface area (Å²) in [5.41, 5.74) is 0.901. The fourth-order valence-corrected chi connectivity index (χ4v) is 1.34. The van der Waals surface area contributed by atoms with Crippen molar-refractivity contribution in [2.24, 2.45) is 0 Å². The third-order valence-corrected chi connectivity index (χ3v) is 2.09. The second kappa shape index (κ2) is 7.35. The van der Waals surface area contributed by atoms with Crippen LogP contribution in [0.3, 0.4) is 0 Å². The summed E-state index contributed by atoms with van der Waals surface area (Å²) in [6, 6.07) is 0.508. The number of nitrogens with zero attached hydrogens (tertiary/aromatic N) is 3. The fourth-order valence-electron chi connectivity index (χ4n) is 1.34. The maximum atomic E-state index is 5.48. The van der Waals surface area contributed by atoms with Crippen LogP contribution in [-0.4, -0.2) is 34.2 Å². The molecule has 0 aromatic carbocycles. The van der Waals surface area contributed by atoms with Gasteiger partial charge in [-0.25, -0.2) is 0 Å². The van der Waals surface area contributed by atoms with Crippen LogP contribution in [0.4, 0.5) is 0 Å². The molecule has 0 radical (unpaired) electrons. The van der Waals surface area contributed by atoms with E-state index in [0.29, 0.717) is 19.3 Å². The summed E-state index contributed by atoms with van der Waals surface area (Å²) in [4.78, 5) is 0. The lowest BCUT2D eigenvalue weighted by molar-refractivity contribution is 0.119. The average Bonchev–Trinajstić information content (AvgIpc) is 2.65. The number of hydrogen-bond acceptors (Lipinski definition) is 4. The van der Waals surface area contributed by atoms with E-state index >= 15 is 0 Å². The molecule has 16 heavy (non-hydrogen) atoms. The Morgan fingerprint density at radius 1 is 1.56 bits per heavy atom.